The third kappa shape index (κ3) is 5.27. The van der Waals surface area contributed by atoms with Crippen LogP contribution in [0, 0.1) is 44.3 Å². The molecule has 8 aliphatic rings. The highest BCUT2D eigenvalue weighted by Crippen LogP contribution is 2.78. The minimum absolute atomic E-state index is 0.0500. The lowest BCUT2D eigenvalue weighted by molar-refractivity contribution is -0.274. The number of amides is 1. The monoisotopic (exact) mass is 831 g/mol. The molecule has 12 heteroatoms. The molecular formula is C48H56F3NO8. The van der Waals surface area contributed by atoms with Gasteiger partial charge in [0.15, 0.2) is 11.4 Å². The highest BCUT2D eigenvalue weighted by Gasteiger charge is 2.78. The number of ether oxygens (including phenoxy) is 3. The summed E-state index contributed by atoms with van der Waals surface area (Å²) >= 11 is 0. The van der Waals surface area contributed by atoms with E-state index in [0.29, 0.717) is 73.8 Å². The third-order valence-corrected chi connectivity index (χ3v) is 18.0. The Labute approximate surface area is 349 Å². The van der Waals surface area contributed by atoms with Crippen molar-refractivity contribution in [1.82, 2.24) is 4.90 Å². The molecule has 10 rings (SSSR count). The molecule has 2 aromatic rings. The van der Waals surface area contributed by atoms with Crippen molar-refractivity contribution in [3.05, 3.63) is 83.5 Å². The van der Waals surface area contributed by atoms with Crippen LogP contribution < -0.4 is 9.47 Å². The molecular weight excluding hydrogens is 776 g/mol. The number of halogens is 3. The topological polar surface area (TPSA) is 123 Å². The number of hydrogen-bond donors (Lipinski definition) is 2. The molecule has 1 amide bonds. The molecule has 2 N–H and O–H groups in total. The standard InChI is InChI=1S/C48H56F3NO8/c1-40(2)43(5)21-24-47(40,60-39(43)56)38(55)52(27-29-7-11-33(12-8-29)59-48(49,50)51)28-45(57)20-17-36-42(45,4)19-16-35-41(3)18-15-31(53)25-44(41)22-23-46(35,36)34(26-44)37(54)30-9-13-32(58-6)14-10-30/h7-14,22-23,26,31,35-36,53,57H,15-21,24-25,27-28H2,1-6H3/t31?,35-,36-,41-,42+,43+,44+,45-,46-,47-/m1/s1. The normalized spacial score (nSPS) is 40.5. The van der Waals surface area contributed by atoms with Crippen LogP contribution in [0.2, 0.25) is 0 Å². The summed E-state index contributed by atoms with van der Waals surface area (Å²) < 4.78 is 54.8. The lowest BCUT2D eigenvalue weighted by Crippen LogP contribution is -2.67. The summed E-state index contributed by atoms with van der Waals surface area (Å²) in [4.78, 5) is 45.3. The maximum absolute atomic E-state index is 15.3. The number of aliphatic hydroxyl groups excluding tert-OH is 1. The van der Waals surface area contributed by atoms with E-state index in [-0.39, 0.29) is 36.1 Å². The van der Waals surface area contributed by atoms with Gasteiger partial charge in [-0.05, 0) is 124 Å². The van der Waals surface area contributed by atoms with Crippen LogP contribution in [-0.2, 0) is 20.9 Å². The molecule has 0 aromatic heterocycles. The Bertz CT molecular complexity index is 2200. The summed E-state index contributed by atoms with van der Waals surface area (Å²) in [6.45, 7) is 9.83. The zero-order chi connectivity index (χ0) is 43.1. The van der Waals surface area contributed by atoms with Crippen molar-refractivity contribution in [3.63, 3.8) is 0 Å². The van der Waals surface area contributed by atoms with Crippen LogP contribution in [0.25, 0.3) is 0 Å². The van der Waals surface area contributed by atoms with Crippen LogP contribution in [0.15, 0.2) is 72.3 Å². The van der Waals surface area contributed by atoms with Crippen molar-refractivity contribution in [2.45, 2.75) is 123 Å². The average Bonchev–Trinajstić information content (AvgIpc) is 3.65. The number of methoxy groups -OCH3 is 1. The van der Waals surface area contributed by atoms with Crippen molar-refractivity contribution in [1.29, 1.82) is 0 Å². The Morgan fingerprint density at radius 1 is 0.850 bits per heavy atom. The predicted molar refractivity (Wildman–Crippen MR) is 214 cm³/mol. The molecule has 9 nitrogen and oxygen atoms in total. The van der Waals surface area contributed by atoms with E-state index < -0.39 is 68.4 Å². The van der Waals surface area contributed by atoms with E-state index in [1.807, 2.05) is 20.8 Å². The Morgan fingerprint density at radius 3 is 2.10 bits per heavy atom. The van der Waals surface area contributed by atoms with Crippen LogP contribution >= 0.6 is 0 Å². The molecule has 4 bridgehead atoms. The minimum atomic E-state index is -4.87. The first-order valence-corrected chi connectivity index (χ1v) is 21.4. The molecule has 0 radical (unpaired) electrons. The summed E-state index contributed by atoms with van der Waals surface area (Å²) in [5.74, 6) is -0.875. The Kier molecular flexibility index (Phi) is 8.89. The summed E-state index contributed by atoms with van der Waals surface area (Å²) in [6.07, 6.45) is 6.28. The van der Waals surface area contributed by atoms with Gasteiger partial charge in [-0.2, -0.15) is 0 Å². The number of Topliss-reactive ketones (excluding diaryl/α,β-unsaturated/α-hetero) is 1. The third-order valence-electron chi connectivity index (χ3n) is 18.0. The molecule has 1 aliphatic heterocycles. The smallest absolute Gasteiger partial charge is 0.497 e. The lowest BCUT2D eigenvalue weighted by atomic mass is 9.32. The SMILES string of the molecule is COc1ccc(C(=O)C2=C[C@@]34C=C[C@@]25[C@@H]2CC[C@@](O)(CN(Cc6ccc(OC(F)(F)F)cc6)C(=O)[C@@]67CC[C@@](C)(C(=O)O6)C7(C)C)[C@@]2(C)CC[C@@H]5[C@@]3(C)CCC(O)C4)cc1. The number of nitrogens with zero attached hydrogens (tertiary/aromatic N) is 1. The van der Waals surface area contributed by atoms with Gasteiger partial charge in [-0.1, -0.05) is 58.1 Å². The first-order valence-electron chi connectivity index (χ1n) is 21.4. The van der Waals surface area contributed by atoms with Gasteiger partial charge in [-0.15, -0.1) is 13.2 Å². The Hall–Kier alpha value is -4.16. The number of allylic oxidation sites excluding steroid dienone is 4. The number of alkyl halides is 3. The Balaban J connectivity index is 1.12. The van der Waals surface area contributed by atoms with Gasteiger partial charge < -0.3 is 29.3 Å². The van der Waals surface area contributed by atoms with E-state index in [9.17, 15) is 28.2 Å². The van der Waals surface area contributed by atoms with Crippen molar-refractivity contribution < 1.29 is 52.0 Å². The highest BCUT2D eigenvalue weighted by molar-refractivity contribution is 6.10. The molecule has 2 aromatic carbocycles. The Morgan fingerprint density at radius 2 is 1.48 bits per heavy atom. The van der Waals surface area contributed by atoms with Gasteiger partial charge in [-0.25, -0.2) is 0 Å². The first kappa shape index (κ1) is 41.2. The summed E-state index contributed by atoms with van der Waals surface area (Å²) in [7, 11) is 1.58. The number of fused-ring (bicyclic) bond motifs is 3. The van der Waals surface area contributed by atoms with Gasteiger partial charge in [0, 0.05) is 39.3 Å². The highest BCUT2D eigenvalue weighted by atomic mass is 19.4. The molecule has 2 spiro atoms. The number of ketones is 1. The number of aliphatic hydroxyl groups is 2. The fraction of sp³-hybridized carbons (Fsp3) is 0.604. The summed E-state index contributed by atoms with van der Waals surface area (Å²) in [5, 5.41) is 24.5. The number of carbonyl (C=O) groups excluding carboxylic acids is 3. The number of rotatable bonds is 9. The first-order chi connectivity index (χ1) is 28.0. The largest absolute Gasteiger partial charge is 0.573 e. The van der Waals surface area contributed by atoms with E-state index >= 15 is 9.59 Å². The second-order valence-electron chi connectivity index (χ2n) is 20.4. The predicted octanol–water partition coefficient (Wildman–Crippen LogP) is 8.52. The summed E-state index contributed by atoms with van der Waals surface area (Å²) in [6, 6.07) is 12.5. The second-order valence-corrected chi connectivity index (χ2v) is 20.4. The fourth-order valence-electron chi connectivity index (χ4n) is 14.0. The fourth-order valence-corrected chi connectivity index (χ4v) is 14.0. The van der Waals surface area contributed by atoms with E-state index in [1.54, 1.807) is 36.3 Å². The summed E-state index contributed by atoms with van der Waals surface area (Å²) in [5.41, 5.74) is -5.29. The van der Waals surface area contributed by atoms with Gasteiger partial charge in [-0.3, -0.25) is 14.4 Å². The number of hydrogen-bond acceptors (Lipinski definition) is 8. The number of benzene rings is 2. The van der Waals surface area contributed by atoms with E-state index in [1.165, 1.54) is 24.3 Å². The van der Waals surface area contributed by atoms with Crippen LogP contribution in [0.5, 0.6) is 11.5 Å². The van der Waals surface area contributed by atoms with Crippen LogP contribution in [0.1, 0.15) is 108 Å². The minimum Gasteiger partial charge on any atom is -0.497 e. The van der Waals surface area contributed by atoms with Crippen molar-refractivity contribution in [2.24, 2.45) is 44.3 Å². The van der Waals surface area contributed by atoms with Crippen LogP contribution in [0.4, 0.5) is 13.2 Å². The lowest BCUT2D eigenvalue weighted by Gasteiger charge is -2.71. The molecule has 10 atom stereocenters. The molecule has 4 saturated carbocycles. The molecule has 1 heterocycles. The molecule has 1 unspecified atom stereocenters. The van der Waals surface area contributed by atoms with Crippen LogP contribution in [-0.4, -0.2) is 70.1 Å². The quantitative estimate of drug-likeness (QED) is 0.147. The van der Waals surface area contributed by atoms with Crippen molar-refractivity contribution in [2.75, 3.05) is 13.7 Å². The van der Waals surface area contributed by atoms with E-state index in [4.69, 9.17) is 9.47 Å². The molecule has 322 valence electrons. The van der Waals surface area contributed by atoms with Gasteiger partial charge in [0.1, 0.15) is 11.5 Å². The zero-order valence-corrected chi connectivity index (χ0v) is 35.3. The van der Waals surface area contributed by atoms with E-state index in [0.717, 1.165) is 6.42 Å². The maximum Gasteiger partial charge on any atom is 0.573 e. The van der Waals surface area contributed by atoms with Crippen molar-refractivity contribution in [3.8, 4) is 11.5 Å². The number of esters is 1. The molecule has 7 aliphatic carbocycles. The zero-order valence-electron chi connectivity index (χ0n) is 35.3. The van der Waals surface area contributed by atoms with Gasteiger partial charge in [0.05, 0.1) is 30.8 Å². The van der Waals surface area contributed by atoms with E-state index in [2.05, 4.69) is 36.8 Å². The van der Waals surface area contributed by atoms with Gasteiger partial charge >= 0.3 is 12.3 Å². The average molecular weight is 832 g/mol. The molecule has 1 saturated heterocycles. The number of carbonyl (C=O) groups is 3. The van der Waals surface area contributed by atoms with Crippen LogP contribution in [0.3, 0.4) is 0 Å². The van der Waals surface area contributed by atoms with Gasteiger partial charge in [0.2, 0.25) is 0 Å². The molecule has 5 fully saturated rings. The van der Waals surface area contributed by atoms with Crippen molar-refractivity contribution >= 4 is 17.7 Å². The maximum atomic E-state index is 15.3. The second kappa shape index (κ2) is 12.9. The molecule has 60 heavy (non-hydrogen) atoms. The van der Waals surface area contributed by atoms with Gasteiger partial charge in [0.25, 0.3) is 5.91 Å².